The smallest absolute Gasteiger partial charge is 0.411 e. The van der Waals surface area contributed by atoms with Crippen molar-refractivity contribution in [2.45, 2.75) is 58.1 Å². The van der Waals surface area contributed by atoms with Crippen LogP contribution in [0.1, 0.15) is 45.4 Å². The SMILES string of the molecule is C[C@H](Cn1cnc2c(N)ncnc21)OCP(=O)(OCOC(=O)N1CCCCC1)OCOC(=O)N1CCCCC1. The molecule has 0 saturated carbocycles. The lowest BCUT2D eigenvalue weighted by Crippen LogP contribution is -2.36. The van der Waals surface area contributed by atoms with E-state index in [0.29, 0.717) is 43.9 Å². The van der Waals surface area contributed by atoms with E-state index in [9.17, 15) is 14.2 Å². The van der Waals surface area contributed by atoms with Gasteiger partial charge in [-0.1, -0.05) is 0 Å². The van der Waals surface area contributed by atoms with Gasteiger partial charge in [-0.2, -0.15) is 0 Å². The number of anilines is 1. The Bertz CT molecular complexity index is 1110. The first kappa shape index (κ1) is 29.0. The molecule has 0 aromatic carbocycles. The van der Waals surface area contributed by atoms with E-state index in [-0.39, 0.29) is 5.82 Å². The van der Waals surface area contributed by atoms with Crippen molar-refractivity contribution in [1.29, 1.82) is 0 Å². The predicted molar refractivity (Wildman–Crippen MR) is 138 cm³/mol. The van der Waals surface area contributed by atoms with Crippen molar-refractivity contribution in [2.24, 2.45) is 0 Å². The molecule has 1 atom stereocenters. The fourth-order valence-corrected chi connectivity index (χ4v) is 5.43. The number of carbonyl (C=O) groups is 2. The highest BCUT2D eigenvalue weighted by Crippen LogP contribution is 2.48. The minimum atomic E-state index is -4.00. The molecular weight excluding hydrogens is 533 g/mol. The number of hydrogen-bond acceptors (Lipinski definition) is 12. The molecule has 2 saturated heterocycles. The number of piperidine rings is 2. The summed E-state index contributed by atoms with van der Waals surface area (Å²) in [5, 5.41) is 0. The van der Waals surface area contributed by atoms with Crippen LogP contribution in [-0.4, -0.2) is 93.7 Å². The number of ether oxygens (including phenoxy) is 3. The molecule has 2 aliphatic heterocycles. The molecular formula is C23H36N7O8P. The number of nitrogens with zero attached hydrogens (tertiary/aromatic N) is 6. The van der Waals surface area contributed by atoms with E-state index in [0.717, 1.165) is 38.5 Å². The van der Waals surface area contributed by atoms with Crippen LogP contribution in [0.25, 0.3) is 11.2 Å². The fraction of sp³-hybridized carbons (Fsp3) is 0.696. The molecule has 15 nitrogen and oxygen atoms in total. The zero-order chi connectivity index (χ0) is 27.7. The summed E-state index contributed by atoms with van der Waals surface area (Å²) in [7, 11) is -4.00. The largest absolute Gasteiger partial charge is 0.422 e. The predicted octanol–water partition coefficient (Wildman–Crippen LogP) is 3.16. The van der Waals surface area contributed by atoms with E-state index < -0.39 is 45.8 Å². The fourth-order valence-electron chi connectivity index (χ4n) is 4.34. The third-order valence-electron chi connectivity index (χ3n) is 6.49. The molecule has 0 spiro atoms. The maximum absolute atomic E-state index is 13.5. The minimum absolute atomic E-state index is 0.261. The van der Waals surface area contributed by atoms with Gasteiger partial charge in [-0.15, -0.1) is 0 Å². The Balaban J connectivity index is 1.31. The second kappa shape index (κ2) is 13.9. The van der Waals surface area contributed by atoms with Crippen molar-refractivity contribution >= 4 is 36.8 Å². The number of rotatable bonds is 11. The summed E-state index contributed by atoms with van der Waals surface area (Å²) in [5.74, 6) is 0.261. The second-order valence-corrected chi connectivity index (χ2v) is 11.5. The van der Waals surface area contributed by atoms with Crippen molar-refractivity contribution in [3.63, 3.8) is 0 Å². The summed E-state index contributed by atoms with van der Waals surface area (Å²) in [5.41, 5.74) is 6.84. The average Bonchev–Trinajstić information content (AvgIpc) is 3.36. The van der Waals surface area contributed by atoms with Crippen LogP contribution in [0, 0.1) is 0 Å². The standard InChI is InChI=1S/C23H36N7O8P/c1-18(12-30-14-27-19-20(24)25-13-26-21(19)30)36-17-39(33,37-15-34-22(31)28-8-4-2-5-9-28)38-16-35-23(32)29-10-6-3-7-11-29/h13-14,18H,2-12,15-17H2,1H3,(H2,24,25,26)/t18-/m1/s1. The number of imidazole rings is 1. The van der Waals surface area contributed by atoms with Crippen LogP contribution in [0.15, 0.2) is 12.7 Å². The van der Waals surface area contributed by atoms with Crippen LogP contribution in [-0.2, 0) is 34.4 Å². The number of fused-ring (bicyclic) bond motifs is 1. The molecule has 16 heteroatoms. The Hall–Kier alpha value is -3.00. The highest BCUT2D eigenvalue weighted by atomic mass is 31.2. The normalized spacial score (nSPS) is 17.3. The van der Waals surface area contributed by atoms with Gasteiger partial charge < -0.3 is 34.3 Å². The minimum Gasteiger partial charge on any atom is -0.422 e. The number of amides is 2. The van der Waals surface area contributed by atoms with Crippen LogP contribution in [0.2, 0.25) is 0 Å². The van der Waals surface area contributed by atoms with Crippen LogP contribution < -0.4 is 5.73 Å². The van der Waals surface area contributed by atoms with Gasteiger partial charge in [0, 0.05) is 26.2 Å². The van der Waals surface area contributed by atoms with E-state index in [1.54, 1.807) is 27.6 Å². The number of likely N-dealkylation sites (tertiary alicyclic amines) is 2. The van der Waals surface area contributed by atoms with Gasteiger partial charge in [0.2, 0.25) is 13.6 Å². The Morgan fingerprint density at radius 1 is 0.923 bits per heavy atom. The summed E-state index contributed by atoms with van der Waals surface area (Å²) in [6, 6.07) is 0. The molecule has 2 aromatic heterocycles. The molecule has 2 aromatic rings. The highest BCUT2D eigenvalue weighted by Gasteiger charge is 2.30. The van der Waals surface area contributed by atoms with E-state index in [2.05, 4.69) is 15.0 Å². The topological polar surface area (TPSA) is 173 Å². The zero-order valence-corrected chi connectivity index (χ0v) is 23.0. The quantitative estimate of drug-likeness (QED) is 0.310. The van der Waals surface area contributed by atoms with Crippen molar-refractivity contribution in [2.75, 3.05) is 51.8 Å². The Morgan fingerprint density at radius 3 is 2.05 bits per heavy atom. The van der Waals surface area contributed by atoms with Gasteiger partial charge in [0.15, 0.2) is 11.5 Å². The second-order valence-electron chi connectivity index (χ2n) is 9.46. The summed E-state index contributed by atoms with van der Waals surface area (Å²) in [6.45, 7) is 3.24. The van der Waals surface area contributed by atoms with E-state index in [4.69, 9.17) is 29.0 Å². The summed E-state index contributed by atoms with van der Waals surface area (Å²) >= 11 is 0. The maximum atomic E-state index is 13.5. The summed E-state index contributed by atoms with van der Waals surface area (Å²) in [6.07, 6.45) is 6.55. The van der Waals surface area contributed by atoms with Gasteiger partial charge in [-0.25, -0.2) is 24.5 Å². The van der Waals surface area contributed by atoms with Gasteiger partial charge in [-0.3, -0.25) is 13.6 Å². The third kappa shape index (κ3) is 8.24. The molecule has 39 heavy (non-hydrogen) atoms. The van der Waals surface area contributed by atoms with Crippen LogP contribution in [0.4, 0.5) is 15.4 Å². The van der Waals surface area contributed by atoms with Crippen molar-refractivity contribution in [3.05, 3.63) is 12.7 Å². The molecule has 0 unspecified atom stereocenters. The lowest BCUT2D eigenvalue weighted by Gasteiger charge is -2.27. The number of aromatic nitrogens is 4. The van der Waals surface area contributed by atoms with Crippen LogP contribution in [0.3, 0.4) is 0 Å². The summed E-state index contributed by atoms with van der Waals surface area (Å²) < 4.78 is 42.0. The van der Waals surface area contributed by atoms with E-state index >= 15 is 0 Å². The van der Waals surface area contributed by atoms with Gasteiger partial charge in [-0.05, 0) is 45.4 Å². The average molecular weight is 570 g/mol. The van der Waals surface area contributed by atoms with E-state index in [1.165, 1.54) is 6.33 Å². The molecule has 0 bridgehead atoms. The maximum Gasteiger partial charge on any atom is 0.411 e. The van der Waals surface area contributed by atoms with Gasteiger partial charge in [0.05, 0.1) is 19.0 Å². The Kier molecular flexibility index (Phi) is 10.3. The molecule has 2 N–H and O–H groups in total. The molecule has 2 aliphatic rings. The molecule has 0 radical (unpaired) electrons. The van der Waals surface area contributed by atoms with Crippen molar-refractivity contribution in [3.8, 4) is 0 Å². The van der Waals surface area contributed by atoms with Gasteiger partial charge in [0.1, 0.15) is 18.2 Å². The number of hydrogen-bond donors (Lipinski definition) is 1. The first-order valence-electron chi connectivity index (χ1n) is 13.1. The molecule has 0 aliphatic carbocycles. The van der Waals surface area contributed by atoms with Gasteiger partial charge in [0.25, 0.3) is 0 Å². The Labute approximate surface area is 226 Å². The summed E-state index contributed by atoms with van der Waals surface area (Å²) in [4.78, 5) is 40.1. The molecule has 4 heterocycles. The number of nitrogens with two attached hydrogens (primary N) is 1. The van der Waals surface area contributed by atoms with Gasteiger partial charge >= 0.3 is 19.8 Å². The van der Waals surface area contributed by atoms with Crippen LogP contribution >= 0.6 is 7.60 Å². The lowest BCUT2D eigenvalue weighted by molar-refractivity contribution is -0.0126. The Morgan fingerprint density at radius 2 is 1.49 bits per heavy atom. The first-order valence-corrected chi connectivity index (χ1v) is 14.8. The molecule has 216 valence electrons. The zero-order valence-electron chi connectivity index (χ0n) is 22.1. The molecule has 2 fully saturated rings. The third-order valence-corrected chi connectivity index (χ3v) is 7.96. The number of nitrogen functional groups attached to an aromatic ring is 1. The lowest BCUT2D eigenvalue weighted by atomic mass is 10.1. The van der Waals surface area contributed by atoms with Crippen LogP contribution in [0.5, 0.6) is 0 Å². The van der Waals surface area contributed by atoms with E-state index in [1.807, 2.05) is 0 Å². The first-order chi connectivity index (χ1) is 18.8. The highest BCUT2D eigenvalue weighted by molar-refractivity contribution is 7.53. The number of carbonyl (C=O) groups excluding carboxylic acids is 2. The molecule has 2 amide bonds. The molecule has 4 rings (SSSR count). The monoisotopic (exact) mass is 569 g/mol. The van der Waals surface area contributed by atoms with Crippen molar-refractivity contribution in [1.82, 2.24) is 29.3 Å². The van der Waals surface area contributed by atoms with Crippen molar-refractivity contribution < 1.29 is 37.4 Å².